The smallest absolute Gasteiger partial charge is 0.0764 e. The largest absolute Gasteiger partial charge is 0.380 e. The third-order valence-corrected chi connectivity index (χ3v) is 8.61. The van der Waals surface area contributed by atoms with Gasteiger partial charge in [0.15, 0.2) is 0 Å². The average Bonchev–Trinajstić information content (AvgIpc) is 2.93. The van der Waals surface area contributed by atoms with Gasteiger partial charge in [0, 0.05) is 23.8 Å². The summed E-state index contributed by atoms with van der Waals surface area (Å²) in [4.78, 5) is 0. The van der Waals surface area contributed by atoms with Crippen molar-refractivity contribution >= 4 is 11.9 Å². The molecule has 2 fully saturated rings. The molecule has 1 aromatic carbocycles. The molecule has 25 heavy (non-hydrogen) atoms. The minimum Gasteiger partial charge on any atom is -0.380 e. The summed E-state index contributed by atoms with van der Waals surface area (Å²) in [5.74, 6) is 0.738. The number of rotatable bonds is 8. The minimum absolute atomic E-state index is 0.303. The van der Waals surface area contributed by atoms with E-state index in [0.29, 0.717) is 28.2 Å². The zero-order valence-corrected chi connectivity index (χ0v) is 17.4. The van der Waals surface area contributed by atoms with Crippen molar-refractivity contribution in [3.63, 3.8) is 0 Å². The fraction of sp³-hybridized carbons (Fsp3) is 0.727. The summed E-state index contributed by atoms with van der Waals surface area (Å²) in [6.07, 6.45) is 6.70. The van der Waals surface area contributed by atoms with Crippen LogP contribution in [-0.2, 0) is 4.74 Å². The molecule has 140 valence electrons. The van der Waals surface area contributed by atoms with Crippen LogP contribution in [0, 0.1) is 16.7 Å². The average molecular weight is 362 g/mol. The van der Waals surface area contributed by atoms with Crippen molar-refractivity contribution in [3.8, 4) is 0 Å². The highest BCUT2D eigenvalue weighted by Gasteiger charge is 2.66. The van der Waals surface area contributed by atoms with E-state index in [1.807, 2.05) is 19.1 Å². The second kappa shape index (κ2) is 7.62. The van der Waals surface area contributed by atoms with Gasteiger partial charge in [-0.3, -0.25) is 4.72 Å². The minimum atomic E-state index is 0.303. The summed E-state index contributed by atoms with van der Waals surface area (Å²) in [7, 11) is 1.91. The van der Waals surface area contributed by atoms with Crippen LogP contribution in [-0.4, -0.2) is 18.5 Å². The van der Waals surface area contributed by atoms with Gasteiger partial charge in [0.2, 0.25) is 0 Å². The van der Waals surface area contributed by atoms with E-state index in [2.05, 4.69) is 62.7 Å². The van der Waals surface area contributed by atoms with Crippen molar-refractivity contribution < 1.29 is 4.74 Å². The maximum atomic E-state index is 6.05. The molecule has 3 rings (SSSR count). The van der Waals surface area contributed by atoms with Crippen LogP contribution < -0.4 is 4.72 Å². The van der Waals surface area contributed by atoms with Crippen LogP contribution in [0.2, 0.25) is 0 Å². The molecule has 5 atom stereocenters. The molecular weight excluding hydrogens is 326 g/mol. The molecule has 0 amide bonds. The summed E-state index contributed by atoms with van der Waals surface area (Å²) in [5, 5.41) is 0.548. The van der Waals surface area contributed by atoms with Crippen molar-refractivity contribution in [2.45, 2.75) is 77.2 Å². The van der Waals surface area contributed by atoms with E-state index < -0.39 is 0 Å². The van der Waals surface area contributed by atoms with Crippen molar-refractivity contribution in [3.05, 3.63) is 35.9 Å². The molecule has 2 nitrogen and oxygen atoms in total. The van der Waals surface area contributed by atoms with E-state index in [4.69, 9.17) is 4.74 Å². The Morgan fingerprint density at radius 1 is 1.24 bits per heavy atom. The van der Waals surface area contributed by atoms with E-state index >= 15 is 0 Å². The Morgan fingerprint density at radius 3 is 2.60 bits per heavy atom. The van der Waals surface area contributed by atoms with Gasteiger partial charge in [0.1, 0.15) is 0 Å². The van der Waals surface area contributed by atoms with Crippen LogP contribution in [0.25, 0.3) is 0 Å². The molecule has 2 unspecified atom stereocenters. The zero-order chi connectivity index (χ0) is 18.1. The van der Waals surface area contributed by atoms with Gasteiger partial charge < -0.3 is 4.74 Å². The van der Waals surface area contributed by atoms with Gasteiger partial charge in [-0.2, -0.15) is 0 Å². The maximum absolute atomic E-state index is 6.05. The molecule has 2 aliphatic carbocycles. The number of hydrogen-bond donors (Lipinski definition) is 1. The van der Waals surface area contributed by atoms with E-state index in [9.17, 15) is 0 Å². The van der Waals surface area contributed by atoms with Gasteiger partial charge in [-0.25, -0.2) is 0 Å². The highest BCUT2D eigenvalue weighted by Crippen LogP contribution is 2.68. The summed E-state index contributed by atoms with van der Waals surface area (Å²) in [6, 6.07) is 11.4. The fourth-order valence-corrected chi connectivity index (χ4v) is 7.06. The lowest BCUT2D eigenvalue weighted by Crippen LogP contribution is -2.41. The van der Waals surface area contributed by atoms with E-state index in [1.54, 1.807) is 0 Å². The molecule has 0 aliphatic heterocycles. The van der Waals surface area contributed by atoms with E-state index in [0.717, 1.165) is 5.92 Å². The molecule has 1 aromatic rings. The lowest BCUT2D eigenvalue weighted by molar-refractivity contribution is -0.0177. The number of benzene rings is 1. The van der Waals surface area contributed by atoms with Crippen LogP contribution >= 0.6 is 11.9 Å². The SMILES string of the molecule is CCCC[C@H](NSC1C(OC)[C@]2(C)CC[C@H]1C2(C)C)c1ccccc1. The Hall–Kier alpha value is -0.510. The standard InChI is InChI=1S/C22H35NOS/c1-6-7-13-18(16-11-9-8-10-12-16)23-25-19-17-14-15-22(4,20(19)24-5)21(17,2)3/h8-12,17-20,23H,6-7,13-15H2,1-5H3/t17-,18+,19?,20?,22+/m1/s1. The molecule has 0 saturated heterocycles. The van der Waals surface area contributed by atoms with Crippen LogP contribution in [0.15, 0.2) is 30.3 Å². The molecule has 0 heterocycles. The van der Waals surface area contributed by atoms with Crippen molar-refractivity contribution in [2.75, 3.05) is 7.11 Å². The molecule has 0 radical (unpaired) electrons. The summed E-state index contributed by atoms with van der Waals surface area (Å²) in [5.41, 5.74) is 2.07. The van der Waals surface area contributed by atoms with E-state index in [1.165, 1.54) is 37.7 Å². The monoisotopic (exact) mass is 361 g/mol. The molecule has 3 heteroatoms. The number of methoxy groups -OCH3 is 1. The Balaban J connectivity index is 1.72. The van der Waals surface area contributed by atoms with Gasteiger partial charge in [0.05, 0.1) is 6.10 Å². The Labute approximate surface area is 158 Å². The van der Waals surface area contributed by atoms with Crippen LogP contribution in [0.1, 0.15) is 71.4 Å². The molecular formula is C22H35NOS. The number of ether oxygens (including phenoxy) is 1. The molecule has 2 bridgehead atoms. The quantitative estimate of drug-likeness (QED) is 0.574. The Morgan fingerprint density at radius 2 is 1.96 bits per heavy atom. The number of hydrogen-bond acceptors (Lipinski definition) is 3. The second-order valence-electron chi connectivity index (χ2n) is 8.75. The van der Waals surface area contributed by atoms with Gasteiger partial charge in [-0.15, -0.1) is 0 Å². The first-order valence-electron chi connectivity index (χ1n) is 9.94. The number of fused-ring (bicyclic) bond motifs is 2. The molecule has 0 aromatic heterocycles. The van der Waals surface area contributed by atoms with Crippen molar-refractivity contribution in [1.29, 1.82) is 0 Å². The predicted octanol–water partition coefficient (Wildman–Crippen LogP) is 6.00. The third-order valence-electron chi connectivity index (χ3n) is 7.35. The molecule has 0 spiro atoms. The maximum Gasteiger partial charge on any atom is 0.0764 e. The second-order valence-corrected chi connectivity index (χ2v) is 9.76. The van der Waals surface area contributed by atoms with Crippen molar-refractivity contribution in [1.82, 2.24) is 4.72 Å². The summed E-state index contributed by atoms with van der Waals surface area (Å²) < 4.78 is 9.91. The fourth-order valence-electron chi connectivity index (χ4n) is 5.31. The Kier molecular flexibility index (Phi) is 5.87. The van der Waals surface area contributed by atoms with E-state index in [-0.39, 0.29) is 0 Å². The third kappa shape index (κ3) is 3.28. The van der Waals surface area contributed by atoms with Crippen LogP contribution in [0.3, 0.4) is 0 Å². The van der Waals surface area contributed by atoms with Crippen molar-refractivity contribution in [2.24, 2.45) is 16.7 Å². The highest BCUT2D eigenvalue weighted by molar-refractivity contribution is 7.98. The van der Waals surface area contributed by atoms with Gasteiger partial charge >= 0.3 is 0 Å². The first kappa shape index (κ1) is 19.3. The lowest BCUT2D eigenvalue weighted by Gasteiger charge is -2.39. The van der Waals surface area contributed by atoms with Gasteiger partial charge in [0.25, 0.3) is 0 Å². The first-order valence-corrected chi connectivity index (χ1v) is 10.8. The predicted molar refractivity (Wildman–Crippen MR) is 109 cm³/mol. The first-order chi connectivity index (χ1) is 12.0. The topological polar surface area (TPSA) is 21.3 Å². The van der Waals surface area contributed by atoms with Crippen LogP contribution in [0.5, 0.6) is 0 Å². The number of unbranched alkanes of at least 4 members (excludes halogenated alkanes) is 1. The Bertz CT molecular complexity index is 560. The summed E-state index contributed by atoms with van der Waals surface area (Å²) in [6.45, 7) is 9.65. The van der Waals surface area contributed by atoms with Gasteiger partial charge in [-0.05, 0) is 36.2 Å². The van der Waals surface area contributed by atoms with Crippen LogP contribution in [0.4, 0.5) is 0 Å². The summed E-state index contributed by atoms with van der Waals surface area (Å²) >= 11 is 1.96. The highest BCUT2D eigenvalue weighted by atomic mass is 32.2. The molecule has 2 saturated carbocycles. The molecule has 2 aliphatic rings. The van der Waals surface area contributed by atoms with Gasteiger partial charge in [-0.1, -0.05) is 82.8 Å². The number of nitrogens with one attached hydrogen (secondary N) is 1. The zero-order valence-electron chi connectivity index (χ0n) is 16.5. The molecule has 1 N–H and O–H groups in total. The normalized spacial score (nSPS) is 34.4. The lowest BCUT2D eigenvalue weighted by atomic mass is 9.70.